The molecule has 12 heteroatoms. The second-order valence-corrected chi connectivity index (χ2v) is 9.47. The van der Waals surface area contributed by atoms with Crippen molar-refractivity contribution in [2.24, 2.45) is 28.6 Å². The van der Waals surface area contributed by atoms with Crippen LogP contribution in [0.3, 0.4) is 0 Å². The van der Waals surface area contributed by atoms with Gasteiger partial charge < -0.3 is 20.9 Å². The molecule has 0 radical (unpaired) electrons. The molecule has 0 aromatic heterocycles. The van der Waals surface area contributed by atoms with E-state index >= 15 is 0 Å². The van der Waals surface area contributed by atoms with E-state index in [2.05, 4.69) is 5.32 Å². The molecule has 35 heavy (non-hydrogen) atoms. The highest BCUT2D eigenvalue weighted by atomic mass is 19.4. The lowest BCUT2D eigenvalue weighted by atomic mass is 9.85. The van der Waals surface area contributed by atoms with Crippen LogP contribution in [0.15, 0.2) is 0 Å². The Labute approximate surface area is 217 Å². The lowest BCUT2D eigenvalue weighted by molar-refractivity contribution is -0.176. The molecule has 1 aliphatic carbocycles. The Bertz CT molecular complexity index is 1310. The molecule has 4 amide bonds. The minimum Gasteiger partial charge on any atom is -0.356 e. The fraction of sp³-hybridized carbons (Fsp3) is 0.783. The van der Waals surface area contributed by atoms with E-state index in [0.717, 1.165) is 5.32 Å². The summed E-state index contributed by atoms with van der Waals surface area (Å²) in [5.74, 6) is -10.6. The van der Waals surface area contributed by atoms with Crippen LogP contribution in [0.5, 0.6) is 0 Å². The summed E-state index contributed by atoms with van der Waals surface area (Å²) in [6.45, 7) is -9.97. The predicted octanol–water partition coefficient (Wildman–Crippen LogP) is 1.10. The second-order valence-electron chi connectivity index (χ2n) is 9.47. The van der Waals surface area contributed by atoms with E-state index in [-0.39, 0.29) is 13.0 Å². The van der Waals surface area contributed by atoms with Gasteiger partial charge in [0, 0.05) is 32.7 Å². The highest BCUT2D eigenvalue weighted by Crippen LogP contribution is 2.65. The van der Waals surface area contributed by atoms with Crippen molar-refractivity contribution in [3.8, 4) is 6.07 Å². The number of amides is 4. The van der Waals surface area contributed by atoms with E-state index in [1.807, 2.05) is 5.32 Å². The number of nitriles is 1. The average Bonchev–Trinajstić information content (AvgIpc) is 3.14. The van der Waals surface area contributed by atoms with Gasteiger partial charge in [0.25, 0.3) is 0 Å². The third-order valence-electron chi connectivity index (χ3n) is 6.81. The van der Waals surface area contributed by atoms with Crippen molar-refractivity contribution in [3.05, 3.63) is 0 Å². The van der Waals surface area contributed by atoms with Gasteiger partial charge in [0.05, 0.1) is 7.44 Å². The maximum Gasteiger partial charge on any atom is 0.471 e. The summed E-state index contributed by atoms with van der Waals surface area (Å²) in [6.07, 6.45) is -6.82. The third kappa shape index (κ3) is 5.23. The number of rotatable bonds is 6. The predicted molar refractivity (Wildman–Crippen MR) is 117 cm³/mol. The topological polar surface area (TPSA) is 131 Å². The molecule has 3 aliphatic rings. The molecular formula is C23H32F3N5O4. The molecule has 2 heterocycles. The highest BCUT2D eigenvalue weighted by molar-refractivity contribution is 5.95. The van der Waals surface area contributed by atoms with Crippen LogP contribution in [0.1, 0.15) is 62.3 Å². The van der Waals surface area contributed by atoms with Gasteiger partial charge in [-0.1, -0.05) is 34.4 Å². The van der Waals surface area contributed by atoms with Crippen molar-refractivity contribution in [1.82, 2.24) is 20.9 Å². The van der Waals surface area contributed by atoms with Gasteiger partial charge >= 0.3 is 12.1 Å². The molecule has 3 rings (SSSR count). The smallest absolute Gasteiger partial charge is 0.356 e. The van der Waals surface area contributed by atoms with Crippen LogP contribution in [0.4, 0.5) is 13.2 Å². The quantitative estimate of drug-likeness (QED) is 0.492. The van der Waals surface area contributed by atoms with E-state index in [9.17, 15) is 37.6 Å². The summed E-state index contributed by atoms with van der Waals surface area (Å²) in [6, 6.07) is -6.43. The summed E-state index contributed by atoms with van der Waals surface area (Å²) in [5.41, 5.74) is -5.09. The zero-order valence-electron chi connectivity index (χ0n) is 29.8. The van der Waals surface area contributed by atoms with Crippen molar-refractivity contribution in [3.63, 3.8) is 0 Å². The first-order chi connectivity index (χ1) is 20.4. The van der Waals surface area contributed by atoms with Crippen LogP contribution in [-0.4, -0.2) is 65.9 Å². The molecule has 2 saturated heterocycles. The highest BCUT2D eigenvalue weighted by Gasteiger charge is 2.70. The Hall–Kier alpha value is -2.84. The second kappa shape index (κ2) is 8.99. The lowest BCUT2D eigenvalue weighted by Gasteiger charge is -2.37. The maximum absolute atomic E-state index is 14.1. The monoisotopic (exact) mass is 510 g/mol. The number of likely N-dealkylation sites (tertiary alicyclic amines) is 1. The molecule has 0 bridgehead atoms. The Morgan fingerprint density at radius 3 is 2.51 bits per heavy atom. The molecule has 2 aliphatic heterocycles. The molecule has 3 N–H and O–H groups in total. The van der Waals surface area contributed by atoms with Gasteiger partial charge in [0.15, 0.2) is 0 Å². The van der Waals surface area contributed by atoms with Gasteiger partial charge in [-0.3, -0.25) is 19.2 Å². The van der Waals surface area contributed by atoms with Gasteiger partial charge in [-0.15, -0.1) is 0 Å². The normalized spacial score (nSPS) is 37.6. The van der Waals surface area contributed by atoms with Crippen molar-refractivity contribution in [1.29, 1.82) is 5.26 Å². The summed E-state index contributed by atoms with van der Waals surface area (Å²) in [7, 11) is 0. The minimum atomic E-state index is -5.84. The minimum absolute atomic E-state index is 0.0455. The van der Waals surface area contributed by atoms with E-state index in [1.165, 1.54) is 6.07 Å². The van der Waals surface area contributed by atoms with E-state index in [1.54, 1.807) is 13.8 Å². The number of nitrogens with zero attached hydrogens (tertiary/aromatic N) is 2. The summed E-state index contributed by atoms with van der Waals surface area (Å²) in [4.78, 5) is 52.6. The molecule has 6 atom stereocenters. The van der Waals surface area contributed by atoms with Gasteiger partial charge in [-0.05, 0) is 35.5 Å². The molecule has 0 aromatic carbocycles. The van der Waals surface area contributed by atoms with Gasteiger partial charge in [-0.2, -0.15) is 18.4 Å². The summed E-state index contributed by atoms with van der Waals surface area (Å²) < 4.78 is 128. The fourth-order valence-corrected chi connectivity index (χ4v) is 4.83. The largest absolute Gasteiger partial charge is 0.471 e. The molecule has 9 nitrogen and oxygen atoms in total. The molecule has 1 unspecified atom stereocenters. The van der Waals surface area contributed by atoms with Crippen molar-refractivity contribution < 1.29 is 47.4 Å². The van der Waals surface area contributed by atoms with E-state index in [4.69, 9.17) is 15.1 Å². The summed E-state index contributed by atoms with van der Waals surface area (Å²) >= 11 is 0. The first kappa shape index (κ1) is 15.3. The zero-order valence-corrected chi connectivity index (χ0v) is 18.8. The van der Waals surface area contributed by atoms with Crippen LogP contribution in [-0.2, 0) is 19.2 Å². The number of piperidine rings is 1. The van der Waals surface area contributed by atoms with E-state index in [0.29, 0.717) is 4.90 Å². The molecule has 1 saturated carbocycles. The first-order valence-electron chi connectivity index (χ1n) is 16.1. The number of hydrogen-bond donors (Lipinski definition) is 3. The Balaban J connectivity index is 2.15. The first-order valence-corrected chi connectivity index (χ1v) is 10.6. The number of carbonyl (C=O) groups excluding carboxylic acids is 4. The lowest BCUT2D eigenvalue weighted by Crippen LogP contribution is -2.61. The number of nitrogens with one attached hydrogen (secondary N) is 3. The summed E-state index contributed by atoms with van der Waals surface area (Å²) in [5, 5.41) is 15.1. The van der Waals surface area contributed by atoms with Gasteiger partial charge in [0.2, 0.25) is 17.7 Å². The van der Waals surface area contributed by atoms with Crippen LogP contribution in [0.2, 0.25) is 0 Å². The third-order valence-corrected chi connectivity index (χ3v) is 6.81. The van der Waals surface area contributed by atoms with Gasteiger partial charge in [0.1, 0.15) is 18.1 Å². The number of halogens is 3. The molecule has 0 aromatic rings. The van der Waals surface area contributed by atoms with Crippen LogP contribution < -0.4 is 16.0 Å². The number of fused-ring (bicyclic) bond motifs is 1. The van der Waals surface area contributed by atoms with Crippen molar-refractivity contribution in [2.45, 2.75) is 71.5 Å². The van der Waals surface area contributed by atoms with E-state index < -0.39 is 110 Å². The van der Waals surface area contributed by atoms with Gasteiger partial charge in [-0.25, -0.2) is 0 Å². The number of carbonyl (C=O) groups is 4. The Kier molecular flexibility index (Phi) is 3.93. The van der Waals surface area contributed by atoms with Crippen LogP contribution in [0, 0.1) is 39.9 Å². The Morgan fingerprint density at radius 1 is 1.34 bits per heavy atom. The maximum atomic E-state index is 14.1. The fourth-order valence-electron chi connectivity index (χ4n) is 4.83. The average molecular weight is 511 g/mol. The molecular weight excluding hydrogens is 467 g/mol. The molecule has 0 spiro atoms. The number of alkyl halides is 3. The zero-order chi connectivity index (χ0) is 35.9. The van der Waals surface area contributed by atoms with Crippen molar-refractivity contribution >= 4 is 23.6 Å². The molecule has 3 fully saturated rings. The molecule has 194 valence electrons. The van der Waals surface area contributed by atoms with Crippen LogP contribution in [0.25, 0.3) is 0 Å². The van der Waals surface area contributed by atoms with Crippen LogP contribution >= 0.6 is 0 Å². The Morgan fingerprint density at radius 2 is 2.00 bits per heavy atom. The standard InChI is InChI=1S/C23H32F3N5O4/c1-21(2,3)16(30-20(35)23(24,25)26)19(34)31-10-13-14(22(13,4)5)15(31)18(33)29-12(9-27)8-11-6-7-28-17(11)32/h11-16H,6-8,10H2,1-5H3,(H,28,32)(H,29,33)(H,30,35)/t11-,12-,13-,14-,15-,16?/m0/s1/i1D3,2D3,3D3,11D,12D. The number of hydrogen-bond acceptors (Lipinski definition) is 5. The van der Waals surface area contributed by atoms with Crippen molar-refractivity contribution in [2.75, 3.05) is 13.1 Å². The SMILES string of the molecule is [2H]C([2H])([2H])C(C(NC(=O)C(F)(F)F)C(=O)N1C[C@H]2[C@@H]([C@H]1C(=O)N[C@]([2H])(C#N)C[C@]1([2H])CCNC1=O)C2(C)C)(C([2H])([2H])[2H])C([2H])([2H])[2H].